The van der Waals surface area contributed by atoms with E-state index in [0.717, 1.165) is 0 Å². The molecule has 0 fully saturated rings. The molecule has 0 rings (SSSR count). The second kappa shape index (κ2) is 65.4. The number of hydrogen-bond donors (Lipinski definition) is 0. The Bertz CT molecular complexity index is 6.04. The average molecular weight is 544 g/mol. The van der Waals surface area contributed by atoms with Gasteiger partial charge in [-0.1, -0.05) is 0 Å². The Labute approximate surface area is 105 Å². The third-order valence-corrected chi connectivity index (χ3v) is 0. The van der Waals surface area contributed by atoms with Crippen LogP contribution in [0.25, 0.3) is 0 Å². The smallest absolute Gasteiger partial charge is 0 e. The maximum absolute atomic E-state index is 0. The summed E-state index contributed by atoms with van der Waals surface area (Å²) in [7, 11) is 0. The summed E-state index contributed by atoms with van der Waals surface area (Å²) < 4.78 is 0. The van der Waals surface area contributed by atoms with E-state index in [-0.39, 0.29) is 107 Å². The zero-order valence-electron chi connectivity index (χ0n) is 2.94. The van der Waals surface area contributed by atoms with Gasteiger partial charge >= 0.3 is 0 Å². The van der Waals surface area contributed by atoms with Gasteiger partial charge in [0.2, 0.25) is 0 Å². The van der Waals surface area contributed by atoms with Crippen LogP contribution in [0.1, 0.15) is 0 Å². The molecule has 0 aromatic heterocycles. The van der Waals surface area contributed by atoms with Crippen LogP contribution >= 0.6 is 62.0 Å². The van der Waals surface area contributed by atoms with E-state index in [1.165, 1.54) is 0 Å². The quantitative estimate of drug-likeness (QED) is 0.439. The largest absolute Gasteiger partial charge is 0.147 e. The Hall–Kier alpha value is 2.93. The summed E-state index contributed by atoms with van der Waals surface area (Å²) in [6.45, 7) is 0. The monoisotopic (exact) mass is 542 g/mol. The van der Waals surface area contributed by atoms with Crippen molar-refractivity contribution < 1.29 is 44.8 Å². The summed E-state index contributed by atoms with van der Waals surface area (Å²) in [6, 6.07) is 0. The van der Waals surface area contributed by atoms with Crippen molar-refractivity contribution in [3.05, 3.63) is 0 Å². The average Bonchev–Trinajstić information content (AvgIpc) is 0. The van der Waals surface area contributed by atoms with Crippen LogP contribution in [-0.4, -0.2) is 0 Å². The predicted molar refractivity (Wildman–Crippen MR) is 36.2 cm³/mol. The number of hydrogen-bond acceptors (Lipinski definition) is 0. The van der Waals surface area contributed by atoms with Gasteiger partial charge in [0.05, 0.1) is 0 Å². The first kappa shape index (κ1) is 92.2. The van der Waals surface area contributed by atoms with Gasteiger partial charge in [0.15, 0.2) is 0 Å². The molecule has 0 aromatic rings. The van der Waals surface area contributed by atoms with Gasteiger partial charge in [-0.15, -0.1) is 62.0 Å². The van der Waals surface area contributed by atoms with Crippen molar-refractivity contribution >= 4 is 62.0 Å². The normalized spacial score (nSPS) is 0. The molecule has 0 spiro atoms. The van der Waals surface area contributed by atoms with Gasteiger partial charge < -0.3 is 0 Å². The van der Waals surface area contributed by atoms with E-state index in [2.05, 4.69) is 0 Å². The predicted octanol–water partition coefficient (Wildman–Crippen LogP) is 2.10. The molecule has 0 heterocycles. The molecule has 2 radical (unpaired) electrons. The van der Waals surface area contributed by atoms with Crippen LogP contribution in [0.15, 0.2) is 0 Å². The molecule has 0 amide bonds. The fraction of sp³-hybridized carbons (Fsp3) is 0. The van der Waals surface area contributed by atoms with Gasteiger partial charge in [0.25, 0.3) is 0 Å². The third kappa shape index (κ3) is 49.9. The van der Waals surface area contributed by atoms with E-state index >= 15 is 0 Å². The minimum Gasteiger partial charge on any atom is -0.147 e. The minimum absolute atomic E-state index is 0. The van der Waals surface area contributed by atoms with Crippen LogP contribution in [0.5, 0.6) is 0 Å². The van der Waals surface area contributed by atoms with Crippen LogP contribution in [-0.2, 0) is 44.8 Å². The summed E-state index contributed by atoms with van der Waals surface area (Å²) in [5.41, 5.74) is 0. The summed E-state index contributed by atoms with van der Waals surface area (Å²) in [5, 5.41) is 0. The topological polar surface area (TPSA) is 0 Å². The van der Waals surface area contributed by atoms with Crippen molar-refractivity contribution in [2.75, 3.05) is 0 Å². The minimum atomic E-state index is 0. The second-order valence-corrected chi connectivity index (χ2v) is 0. The zero-order valence-corrected chi connectivity index (χ0v) is 13.4. The Morgan fingerprint density at radius 1 is 0.286 bits per heavy atom. The van der Waals surface area contributed by atoms with E-state index < -0.39 is 0 Å². The second-order valence-electron chi connectivity index (χ2n) is 0. The molecule has 0 N–H and O–H groups in total. The van der Waals surface area contributed by atoms with Crippen molar-refractivity contribution in [3.8, 4) is 0 Å². The molecular formula is H5Cl5Ta2. The standard InChI is InChI=1S/5ClH.2Ta/h5*1H;;. The maximum Gasteiger partial charge on any atom is 0 e. The van der Waals surface area contributed by atoms with Crippen molar-refractivity contribution in [1.29, 1.82) is 0 Å². The SMILES string of the molecule is Cl.Cl.Cl.Cl.Cl.[Ta].[Ta]. The Morgan fingerprint density at radius 2 is 0.286 bits per heavy atom. The molecule has 0 aliphatic carbocycles. The van der Waals surface area contributed by atoms with Gasteiger partial charge in [-0.25, -0.2) is 0 Å². The van der Waals surface area contributed by atoms with Gasteiger partial charge in [0.1, 0.15) is 0 Å². The zero-order chi connectivity index (χ0) is 0. The molecule has 0 nitrogen and oxygen atoms in total. The fourth-order valence-electron chi connectivity index (χ4n) is 0. The molecule has 0 saturated carbocycles. The van der Waals surface area contributed by atoms with E-state index in [1.54, 1.807) is 0 Å². The molecule has 0 aliphatic rings. The van der Waals surface area contributed by atoms with Gasteiger partial charge in [-0.05, 0) is 0 Å². The summed E-state index contributed by atoms with van der Waals surface area (Å²) in [4.78, 5) is 0. The van der Waals surface area contributed by atoms with Crippen LogP contribution in [0.4, 0.5) is 0 Å². The molecule has 7 heteroatoms. The summed E-state index contributed by atoms with van der Waals surface area (Å²) >= 11 is 0. The molecule has 7 heavy (non-hydrogen) atoms. The van der Waals surface area contributed by atoms with Crippen LogP contribution in [0, 0.1) is 0 Å². The first-order valence-electron chi connectivity index (χ1n) is 0. The fourth-order valence-corrected chi connectivity index (χ4v) is 0. The molecule has 0 saturated heterocycles. The Balaban J connectivity index is 0. The van der Waals surface area contributed by atoms with Crippen molar-refractivity contribution in [2.24, 2.45) is 0 Å². The van der Waals surface area contributed by atoms with Gasteiger partial charge in [0, 0.05) is 44.8 Å². The summed E-state index contributed by atoms with van der Waals surface area (Å²) in [6.07, 6.45) is 0. The van der Waals surface area contributed by atoms with Gasteiger partial charge in [-0.2, -0.15) is 0 Å². The van der Waals surface area contributed by atoms with Crippen LogP contribution in [0.2, 0.25) is 0 Å². The first-order chi connectivity index (χ1) is 0. The third-order valence-electron chi connectivity index (χ3n) is 0. The van der Waals surface area contributed by atoms with E-state index in [1.807, 2.05) is 0 Å². The molecular weight excluding hydrogens is 539 g/mol. The van der Waals surface area contributed by atoms with Crippen molar-refractivity contribution in [3.63, 3.8) is 0 Å². The number of halogens is 5. The van der Waals surface area contributed by atoms with E-state index in [4.69, 9.17) is 0 Å². The van der Waals surface area contributed by atoms with E-state index in [0.29, 0.717) is 0 Å². The van der Waals surface area contributed by atoms with E-state index in [9.17, 15) is 0 Å². The molecule has 0 bridgehead atoms. The first-order valence-corrected chi connectivity index (χ1v) is 0. The molecule has 50 valence electrons. The number of rotatable bonds is 0. The molecule has 0 aromatic carbocycles. The van der Waals surface area contributed by atoms with Crippen LogP contribution < -0.4 is 0 Å². The maximum atomic E-state index is 0. The van der Waals surface area contributed by atoms with Crippen LogP contribution in [0.3, 0.4) is 0 Å². The Morgan fingerprint density at radius 3 is 0.286 bits per heavy atom. The Kier molecular flexibility index (Phi) is 862. The molecule has 0 unspecified atom stereocenters. The molecule has 0 atom stereocenters. The van der Waals surface area contributed by atoms with Crippen molar-refractivity contribution in [1.82, 2.24) is 0 Å². The van der Waals surface area contributed by atoms with Crippen molar-refractivity contribution in [2.45, 2.75) is 0 Å². The summed E-state index contributed by atoms with van der Waals surface area (Å²) in [5.74, 6) is 0. The molecule has 0 aliphatic heterocycles. The van der Waals surface area contributed by atoms with Gasteiger partial charge in [-0.3, -0.25) is 0 Å².